The van der Waals surface area contributed by atoms with Crippen molar-refractivity contribution in [2.45, 2.75) is 19.3 Å². The standard InChI is InChI=1S/C12H13Cl/c1-9(13)11-7-6-10-4-2-3-5-12(10)8-11/h2-5,11H,1,6-8H2. The summed E-state index contributed by atoms with van der Waals surface area (Å²) in [6, 6.07) is 8.61. The van der Waals surface area contributed by atoms with Gasteiger partial charge in [0.1, 0.15) is 0 Å². The molecule has 0 amide bonds. The lowest BCUT2D eigenvalue weighted by atomic mass is 9.84. The molecule has 0 bridgehead atoms. The first-order valence-electron chi connectivity index (χ1n) is 4.68. The van der Waals surface area contributed by atoms with Crippen molar-refractivity contribution in [2.24, 2.45) is 5.92 Å². The van der Waals surface area contributed by atoms with E-state index in [-0.39, 0.29) is 0 Å². The molecule has 1 unspecified atom stereocenters. The summed E-state index contributed by atoms with van der Waals surface area (Å²) in [5.41, 5.74) is 2.93. The number of benzene rings is 1. The van der Waals surface area contributed by atoms with Crippen LogP contribution < -0.4 is 0 Å². The van der Waals surface area contributed by atoms with Crippen molar-refractivity contribution in [1.82, 2.24) is 0 Å². The normalized spacial score (nSPS) is 20.8. The van der Waals surface area contributed by atoms with Crippen LogP contribution in [0.2, 0.25) is 0 Å². The van der Waals surface area contributed by atoms with Gasteiger partial charge in [-0.15, -0.1) is 0 Å². The summed E-state index contributed by atoms with van der Waals surface area (Å²) >= 11 is 5.93. The van der Waals surface area contributed by atoms with Gasteiger partial charge in [-0.05, 0) is 36.3 Å². The van der Waals surface area contributed by atoms with E-state index in [4.69, 9.17) is 11.6 Å². The van der Waals surface area contributed by atoms with E-state index in [9.17, 15) is 0 Å². The van der Waals surface area contributed by atoms with Crippen LogP contribution in [-0.2, 0) is 12.8 Å². The van der Waals surface area contributed by atoms with Crippen LogP contribution in [0.15, 0.2) is 35.9 Å². The number of allylic oxidation sites excluding steroid dienone is 1. The highest BCUT2D eigenvalue weighted by molar-refractivity contribution is 6.29. The van der Waals surface area contributed by atoms with Gasteiger partial charge in [-0.2, -0.15) is 0 Å². The van der Waals surface area contributed by atoms with Crippen LogP contribution in [0.1, 0.15) is 17.5 Å². The fraction of sp³-hybridized carbons (Fsp3) is 0.333. The molecule has 0 radical (unpaired) electrons. The Hall–Kier alpha value is -0.750. The van der Waals surface area contributed by atoms with E-state index in [1.54, 1.807) is 0 Å². The summed E-state index contributed by atoms with van der Waals surface area (Å²) in [5.74, 6) is 0.483. The Balaban J connectivity index is 2.24. The molecule has 0 aliphatic heterocycles. The highest BCUT2D eigenvalue weighted by Gasteiger charge is 2.19. The highest BCUT2D eigenvalue weighted by Crippen LogP contribution is 2.30. The van der Waals surface area contributed by atoms with Gasteiger partial charge in [-0.1, -0.05) is 42.4 Å². The van der Waals surface area contributed by atoms with Crippen molar-refractivity contribution >= 4 is 11.6 Å². The average molecular weight is 193 g/mol. The van der Waals surface area contributed by atoms with E-state index in [1.807, 2.05) is 0 Å². The van der Waals surface area contributed by atoms with Crippen LogP contribution in [0.25, 0.3) is 0 Å². The van der Waals surface area contributed by atoms with E-state index in [0.29, 0.717) is 5.92 Å². The molecule has 0 heterocycles. The summed E-state index contributed by atoms with van der Waals surface area (Å²) < 4.78 is 0. The number of fused-ring (bicyclic) bond motifs is 1. The van der Waals surface area contributed by atoms with Gasteiger partial charge in [-0.3, -0.25) is 0 Å². The molecule has 0 nitrogen and oxygen atoms in total. The quantitative estimate of drug-likeness (QED) is 0.639. The topological polar surface area (TPSA) is 0 Å². The number of hydrogen-bond acceptors (Lipinski definition) is 0. The molecule has 0 N–H and O–H groups in total. The molecular formula is C12H13Cl. The molecule has 1 aliphatic carbocycles. The zero-order valence-electron chi connectivity index (χ0n) is 7.59. The molecule has 0 aromatic heterocycles. The van der Waals surface area contributed by atoms with Crippen molar-refractivity contribution in [1.29, 1.82) is 0 Å². The largest absolute Gasteiger partial charge is 0.0895 e. The number of halogens is 1. The molecule has 1 aromatic carbocycles. The van der Waals surface area contributed by atoms with Crippen molar-refractivity contribution in [3.63, 3.8) is 0 Å². The average Bonchev–Trinajstić information content (AvgIpc) is 2.17. The maximum atomic E-state index is 5.93. The maximum absolute atomic E-state index is 5.93. The smallest absolute Gasteiger partial charge is 0.0143 e. The minimum absolute atomic E-state index is 0.483. The zero-order chi connectivity index (χ0) is 9.26. The molecule has 0 saturated heterocycles. The minimum Gasteiger partial charge on any atom is -0.0895 e. The van der Waals surface area contributed by atoms with E-state index in [0.717, 1.165) is 24.3 Å². The molecule has 0 fully saturated rings. The maximum Gasteiger partial charge on any atom is 0.0143 e. The number of hydrogen-bond donors (Lipinski definition) is 0. The van der Waals surface area contributed by atoms with E-state index in [2.05, 4.69) is 30.8 Å². The second kappa shape index (κ2) is 3.55. The van der Waals surface area contributed by atoms with E-state index >= 15 is 0 Å². The van der Waals surface area contributed by atoms with Gasteiger partial charge in [0.2, 0.25) is 0 Å². The summed E-state index contributed by atoms with van der Waals surface area (Å²) in [7, 11) is 0. The molecule has 1 atom stereocenters. The van der Waals surface area contributed by atoms with Crippen LogP contribution in [-0.4, -0.2) is 0 Å². The second-order valence-corrected chi connectivity index (χ2v) is 4.14. The zero-order valence-corrected chi connectivity index (χ0v) is 8.35. The van der Waals surface area contributed by atoms with Gasteiger partial charge in [0.25, 0.3) is 0 Å². The minimum atomic E-state index is 0.483. The molecule has 1 aromatic rings. The van der Waals surface area contributed by atoms with E-state index in [1.165, 1.54) is 11.1 Å². The third-order valence-corrected chi connectivity index (χ3v) is 3.10. The lowest BCUT2D eigenvalue weighted by Crippen LogP contribution is -2.13. The predicted molar refractivity (Wildman–Crippen MR) is 57.0 cm³/mol. The number of aryl methyl sites for hydroxylation is 1. The summed E-state index contributed by atoms with van der Waals surface area (Å²) in [6.07, 6.45) is 3.37. The fourth-order valence-corrected chi connectivity index (χ4v) is 2.15. The van der Waals surface area contributed by atoms with Crippen LogP contribution in [0.4, 0.5) is 0 Å². The summed E-state index contributed by atoms with van der Waals surface area (Å²) in [5, 5.41) is 0.814. The first-order valence-corrected chi connectivity index (χ1v) is 5.06. The summed E-state index contributed by atoms with van der Waals surface area (Å²) in [6.45, 7) is 3.82. The van der Waals surface area contributed by atoms with Crippen LogP contribution in [0.5, 0.6) is 0 Å². The molecule has 2 rings (SSSR count). The van der Waals surface area contributed by atoms with Crippen molar-refractivity contribution < 1.29 is 0 Å². The van der Waals surface area contributed by atoms with Gasteiger partial charge in [-0.25, -0.2) is 0 Å². The Morgan fingerprint density at radius 2 is 2.00 bits per heavy atom. The number of rotatable bonds is 1. The molecular weight excluding hydrogens is 180 g/mol. The second-order valence-electron chi connectivity index (χ2n) is 3.66. The van der Waals surface area contributed by atoms with Crippen molar-refractivity contribution in [2.75, 3.05) is 0 Å². The third kappa shape index (κ3) is 1.78. The molecule has 0 spiro atoms. The Labute approximate surface area is 84.2 Å². The van der Waals surface area contributed by atoms with Gasteiger partial charge in [0.15, 0.2) is 0 Å². The molecule has 1 aliphatic rings. The molecule has 13 heavy (non-hydrogen) atoms. The first kappa shape index (κ1) is 8.83. The fourth-order valence-electron chi connectivity index (χ4n) is 1.97. The van der Waals surface area contributed by atoms with Gasteiger partial charge < -0.3 is 0 Å². The van der Waals surface area contributed by atoms with Gasteiger partial charge in [0, 0.05) is 5.03 Å². The Morgan fingerprint density at radius 3 is 2.69 bits per heavy atom. The molecule has 0 saturated carbocycles. The summed E-state index contributed by atoms with van der Waals surface area (Å²) in [4.78, 5) is 0. The Bertz CT molecular complexity index is 328. The van der Waals surface area contributed by atoms with Gasteiger partial charge >= 0.3 is 0 Å². The Kier molecular flexibility index (Phi) is 2.41. The Morgan fingerprint density at radius 1 is 1.31 bits per heavy atom. The SMILES string of the molecule is C=C(Cl)C1CCc2ccccc2C1. The van der Waals surface area contributed by atoms with Crippen LogP contribution in [0.3, 0.4) is 0 Å². The molecule has 1 heteroatoms. The van der Waals surface area contributed by atoms with Crippen molar-refractivity contribution in [3.8, 4) is 0 Å². The van der Waals surface area contributed by atoms with Crippen LogP contribution >= 0.6 is 11.6 Å². The van der Waals surface area contributed by atoms with Crippen molar-refractivity contribution in [3.05, 3.63) is 47.0 Å². The monoisotopic (exact) mass is 192 g/mol. The third-order valence-electron chi connectivity index (χ3n) is 2.79. The first-order chi connectivity index (χ1) is 6.27. The lowest BCUT2D eigenvalue weighted by Gasteiger charge is -2.23. The van der Waals surface area contributed by atoms with E-state index < -0.39 is 0 Å². The lowest BCUT2D eigenvalue weighted by molar-refractivity contribution is 0.545. The van der Waals surface area contributed by atoms with Gasteiger partial charge in [0.05, 0.1) is 0 Å². The highest BCUT2D eigenvalue weighted by atomic mass is 35.5. The predicted octanol–water partition coefficient (Wildman–Crippen LogP) is 3.54. The molecule has 68 valence electrons. The van der Waals surface area contributed by atoms with Crippen LogP contribution in [0, 0.1) is 5.92 Å².